The molecule has 3 atom stereocenters. The van der Waals surface area contributed by atoms with Crippen LogP contribution in [-0.4, -0.2) is 25.8 Å². The molecule has 0 aromatic carbocycles. The first-order valence-corrected chi connectivity index (χ1v) is 7.01. The van der Waals surface area contributed by atoms with Crippen LogP contribution in [0.5, 0.6) is 0 Å². The van der Waals surface area contributed by atoms with Crippen molar-refractivity contribution in [3.05, 3.63) is 0 Å². The molecule has 2 nitrogen and oxygen atoms in total. The van der Waals surface area contributed by atoms with E-state index in [0.29, 0.717) is 12.1 Å². The molecule has 0 amide bonds. The predicted molar refractivity (Wildman–Crippen MR) is 67.5 cm³/mol. The van der Waals surface area contributed by atoms with Crippen molar-refractivity contribution in [1.82, 2.24) is 5.32 Å². The lowest BCUT2D eigenvalue weighted by molar-refractivity contribution is 0.0807. The summed E-state index contributed by atoms with van der Waals surface area (Å²) in [7, 11) is 2.13. The summed E-state index contributed by atoms with van der Waals surface area (Å²) in [4.78, 5) is 0. The largest absolute Gasteiger partial charge is 0.378 e. The van der Waals surface area contributed by atoms with Crippen LogP contribution < -0.4 is 5.32 Å². The molecule has 2 heteroatoms. The Morgan fingerprint density at radius 2 is 1.75 bits per heavy atom. The van der Waals surface area contributed by atoms with Crippen LogP contribution in [0.3, 0.4) is 0 Å². The van der Waals surface area contributed by atoms with Gasteiger partial charge in [-0.3, -0.25) is 0 Å². The van der Waals surface area contributed by atoms with Gasteiger partial charge in [-0.05, 0) is 45.1 Å². The Balaban J connectivity index is 1.93. The fraction of sp³-hybridized carbons (Fsp3) is 1.00. The Labute approximate surface area is 100 Å². The van der Waals surface area contributed by atoms with Crippen molar-refractivity contribution < 1.29 is 4.74 Å². The van der Waals surface area contributed by atoms with Crippen molar-refractivity contribution in [1.29, 1.82) is 0 Å². The van der Waals surface area contributed by atoms with Gasteiger partial charge >= 0.3 is 0 Å². The third-order valence-electron chi connectivity index (χ3n) is 4.80. The van der Waals surface area contributed by atoms with E-state index in [9.17, 15) is 0 Å². The zero-order chi connectivity index (χ0) is 11.5. The van der Waals surface area contributed by atoms with Gasteiger partial charge in [-0.1, -0.05) is 19.8 Å². The molecule has 1 saturated carbocycles. The highest BCUT2D eigenvalue weighted by Crippen LogP contribution is 2.36. The molecule has 94 valence electrons. The van der Waals surface area contributed by atoms with E-state index in [2.05, 4.69) is 26.2 Å². The lowest BCUT2D eigenvalue weighted by atomic mass is 9.74. The molecule has 1 aliphatic carbocycles. The number of hydrogen-bond acceptors (Lipinski definition) is 2. The number of hydrogen-bond donors (Lipinski definition) is 1. The Bertz CT molecular complexity index is 211. The molecule has 1 saturated heterocycles. The first kappa shape index (κ1) is 12.4. The van der Waals surface area contributed by atoms with Gasteiger partial charge in [-0.25, -0.2) is 0 Å². The molecule has 0 radical (unpaired) electrons. The second kappa shape index (κ2) is 5.50. The van der Waals surface area contributed by atoms with Crippen LogP contribution in [0.4, 0.5) is 0 Å². The van der Waals surface area contributed by atoms with Crippen molar-refractivity contribution in [2.24, 2.45) is 17.8 Å². The maximum atomic E-state index is 5.72. The molecule has 0 aromatic heterocycles. The van der Waals surface area contributed by atoms with Crippen LogP contribution in [0, 0.1) is 17.8 Å². The monoisotopic (exact) mass is 225 g/mol. The first-order valence-electron chi connectivity index (χ1n) is 7.01. The van der Waals surface area contributed by atoms with Gasteiger partial charge < -0.3 is 10.1 Å². The summed E-state index contributed by atoms with van der Waals surface area (Å²) in [5, 5.41) is 3.58. The first-order chi connectivity index (χ1) is 7.72. The van der Waals surface area contributed by atoms with E-state index < -0.39 is 0 Å². The molecule has 2 fully saturated rings. The van der Waals surface area contributed by atoms with E-state index >= 15 is 0 Å². The smallest absolute Gasteiger partial charge is 0.0590 e. The van der Waals surface area contributed by atoms with Gasteiger partial charge in [0.05, 0.1) is 6.10 Å². The molecule has 1 aliphatic heterocycles. The molecule has 2 rings (SSSR count). The molecule has 0 aromatic rings. The highest BCUT2D eigenvalue weighted by Gasteiger charge is 2.36. The van der Waals surface area contributed by atoms with Gasteiger partial charge in [0.25, 0.3) is 0 Å². The van der Waals surface area contributed by atoms with Crippen molar-refractivity contribution in [2.75, 3.05) is 13.7 Å². The summed E-state index contributed by atoms with van der Waals surface area (Å²) in [6.45, 7) is 5.60. The van der Waals surface area contributed by atoms with Gasteiger partial charge in [0.15, 0.2) is 0 Å². The van der Waals surface area contributed by atoms with Crippen LogP contribution in [-0.2, 0) is 4.74 Å². The zero-order valence-corrected chi connectivity index (χ0v) is 11.0. The van der Waals surface area contributed by atoms with E-state index in [1.54, 1.807) is 0 Å². The summed E-state index contributed by atoms with van der Waals surface area (Å²) < 4.78 is 5.72. The van der Waals surface area contributed by atoms with Crippen molar-refractivity contribution >= 4 is 0 Å². The number of rotatable bonds is 3. The summed E-state index contributed by atoms with van der Waals surface area (Å²) in [6, 6.07) is 0.685. The average molecular weight is 225 g/mol. The van der Waals surface area contributed by atoms with Crippen LogP contribution in [0.2, 0.25) is 0 Å². The third kappa shape index (κ3) is 2.60. The van der Waals surface area contributed by atoms with Crippen molar-refractivity contribution in [2.45, 2.75) is 58.1 Å². The Kier molecular flexibility index (Phi) is 4.26. The van der Waals surface area contributed by atoms with Crippen LogP contribution in [0.15, 0.2) is 0 Å². The Morgan fingerprint density at radius 3 is 2.25 bits per heavy atom. The van der Waals surface area contributed by atoms with E-state index in [1.807, 2.05) is 0 Å². The predicted octanol–water partition coefficient (Wildman–Crippen LogP) is 2.83. The molecule has 3 unspecified atom stereocenters. The summed E-state index contributed by atoms with van der Waals surface area (Å²) in [5.41, 5.74) is 0. The molecule has 2 aliphatic rings. The minimum atomic E-state index is 0.455. The number of nitrogens with one attached hydrogen (secondary N) is 1. The van der Waals surface area contributed by atoms with E-state index in [-0.39, 0.29) is 0 Å². The maximum absolute atomic E-state index is 5.72. The lowest BCUT2D eigenvalue weighted by Gasteiger charge is -2.36. The summed E-state index contributed by atoms with van der Waals surface area (Å²) in [5.74, 6) is 2.57. The lowest BCUT2D eigenvalue weighted by Crippen LogP contribution is -2.44. The average Bonchev–Trinajstić information content (AvgIpc) is 2.69. The van der Waals surface area contributed by atoms with Gasteiger partial charge in [-0.2, -0.15) is 0 Å². The topological polar surface area (TPSA) is 21.3 Å². The van der Waals surface area contributed by atoms with Gasteiger partial charge in [0, 0.05) is 18.6 Å². The second-order valence-corrected chi connectivity index (χ2v) is 5.86. The van der Waals surface area contributed by atoms with E-state index in [0.717, 1.165) is 24.4 Å². The Morgan fingerprint density at radius 1 is 1.06 bits per heavy atom. The minimum absolute atomic E-state index is 0.455. The molecule has 0 spiro atoms. The highest BCUT2D eigenvalue weighted by atomic mass is 16.5. The second-order valence-electron chi connectivity index (χ2n) is 5.86. The molecule has 1 heterocycles. The molecule has 1 N–H and O–H groups in total. The third-order valence-corrected chi connectivity index (χ3v) is 4.80. The van der Waals surface area contributed by atoms with Crippen molar-refractivity contribution in [3.8, 4) is 0 Å². The molecule has 0 bridgehead atoms. The standard InChI is InChI=1S/C14H27NO/c1-10-4-6-12(7-5-10)14(15-3)13-8-9-16-11(13)2/h10-15H,4-9H2,1-3H3. The summed E-state index contributed by atoms with van der Waals surface area (Å²) in [6.07, 6.45) is 7.37. The van der Waals surface area contributed by atoms with Gasteiger partial charge in [0.2, 0.25) is 0 Å². The quantitative estimate of drug-likeness (QED) is 0.797. The fourth-order valence-electron chi connectivity index (χ4n) is 3.66. The number of ether oxygens (including phenoxy) is 1. The van der Waals surface area contributed by atoms with E-state index in [4.69, 9.17) is 4.74 Å². The van der Waals surface area contributed by atoms with Gasteiger partial charge in [0.1, 0.15) is 0 Å². The Hall–Kier alpha value is -0.0800. The van der Waals surface area contributed by atoms with Crippen molar-refractivity contribution in [3.63, 3.8) is 0 Å². The molecular weight excluding hydrogens is 198 g/mol. The van der Waals surface area contributed by atoms with Crippen LogP contribution in [0.1, 0.15) is 46.0 Å². The fourth-order valence-corrected chi connectivity index (χ4v) is 3.66. The molecular formula is C14H27NO. The van der Waals surface area contributed by atoms with E-state index in [1.165, 1.54) is 32.1 Å². The van der Waals surface area contributed by atoms with Crippen LogP contribution >= 0.6 is 0 Å². The SMILES string of the molecule is CNC(C1CCC(C)CC1)C1CCOC1C. The highest BCUT2D eigenvalue weighted by molar-refractivity contribution is 4.89. The normalized spacial score (nSPS) is 42.2. The van der Waals surface area contributed by atoms with Crippen LogP contribution in [0.25, 0.3) is 0 Å². The summed E-state index contributed by atoms with van der Waals surface area (Å²) >= 11 is 0. The molecule has 16 heavy (non-hydrogen) atoms. The maximum Gasteiger partial charge on any atom is 0.0590 e. The zero-order valence-electron chi connectivity index (χ0n) is 11.0. The van der Waals surface area contributed by atoms with Gasteiger partial charge in [-0.15, -0.1) is 0 Å². The minimum Gasteiger partial charge on any atom is -0.378 e.